The smallest absolute Gasteiger partial charge is 0.303 e. The molecule has 4 heteroatoms. The molecule has 130 valence electrons. The highest BCUT2D eigenvalue weighted by atomic mass is 16.4. The van der Waals surface area contributed by atoms with Crippen LogP contribution in [0.1, 0.15) is 84.0 Å². The Labute approximate surface area is 135 Å². The van der Waals surface area contributed by atoms with Gasteiger partial charge in [-0.25, -0.2) is 0 Å². The van der Waals surface area contributed by atoms with Crippen LogP contribution in [0.25, 0.3) is 0 Å². The van der Waals surface area contributed by atoms with Crippen molar-refractivity contribution >= 4 is 5.97 Å². The summed E-state index contributed by atoms with van der Waals surface area (Å²) < 4.78 is 0. The third-order valence-electron chi connectivity index (χ3n) is 3.80. The van der Waals surface area contributed by atoms with Gasteiger partial charge in [0.05, 0.1) is 12.2 Å². The third kappa shape index (κ3) is 15.5. The largest absolute Gasteiger partial charge is 0.481 e. The van der Waals surface area contributed by atoms with E-state index in [1.165, 1.54) is 25.7 Å². The lowest BCUT2D eigenvalue weighted by Gasteiger charge is -2.08. The molecule has 0 aromatic heterocycles. The molecule has 2 atom stereocenters. The Morgan fingerprint density at radius 2 is 1.27 bits per heavy atom. The van der Waals surface area contributed by atoms with Gasteiger partial charge in [0.1, 0.15) is 0 Å². The van der Waals surface area contributed by atoms with Gasteiger partial charge in [0.2, 0.25) is 0 Å². The average Bonchev–Trinajstić information content (AvgIpc) is 2.48. The topological polar surface area (TPSA) is 77.8 Å². The van der Waals surface area contributed by atoms with E-state index in [0.717, 1.165) is 32.1 Å². The zero-order chi connectivity index (χ0) is 16.6. The molecule has 0 aliphatic carbocycles. The molecule has 0 rings (SSSR count). The molecule has 22 heavy (non-hydrogen) atoms. The molecule has 3 N–H and O–H groups in total. The van der Waals surface area contributed by atoms with Crippen molar-refractivity contribution in [2.75, 3.05) is 0 Å². The molecular weight excluding hydrogens is 280 g/mol. The van der Waals surface area contributed by atoms with Gasteiger partial charge in [-0.05, 0) is 19.3 Å². The highest BCUT2D eigenvalue weighted by molar-refractivity contribution is 5.66. The van der Waals surface area contributed by atoms with Crippen LogP contribution in [0.4, 0.5) is 0 Å². The Balaban J connectivity index is 3.52. The van der Waals surface area contributed by atoms with Crippen molar-refractivity contribution in [3.63, 3.8) is 0 Å². The van der Waals surface area contributed by atoms with Crippen LogP contribution in [-0.4, -0.2) is 33.5 Å². The summed E-state index contributed by atoms with van der Waals surface area (Å²) in [6.07, 6.45) is 13.5. The fourth-order valence-corrected chi connectivity index (χ4v) is 2.39. The van der Waals surface area contributed by atoms with Crippen LogP contribution >= 0.6 is 0 Å². The zero-order valence-electron chi connectivity index (χ0n) is 14.0. The van der Waals surface area contributed by atoms with Crippen molar-refractivity contribution in [2.24, 2.45) is 0 Å². The van der Waals surface area contributed by atoms with Crippen LogP contribution in [0.3, 0.4) is 0 Å². The second-order valence-electron chi connectivity index (χ2n) is 6.07. The van der Waals surface area contributed by atoms with Crippen molar-refractivity contribution in [1.82, 2.24) is 0 Å². The summed E-state index contributed by atoms with van der Waals surface area (Å²) >= 11 is 0. The van der Waals surface area contributed by atoms with Crippen LogP contribution in [0.5, 0.6) is 0 Å². The summed E-state index contributed by atoms with van der Waals surface area (Å²) in [5.74, 6) is -0.765. The molecule has 0 aliphatic heterocycles. The lowest BCUT2D eigenvalue weighted by Crippen LogP contribution is -2.07. The predicted molar refractivity (Wildman–Crippen MR) is 89.9 cm³/mol. The van der Waals surface area contributed by atoms with Gasteiger partial charge in [0, 0.05) is 6.42 Å². The van der Waals surface area contributed by atoms with Gasteiger partial charge in [0.15, 0.2) is 0 Å². The van der Waals surface area contributed by atoms with Crippen LogP contribution < -0.4 is 0 Å². The number of rotatable bonds is 15. The molecule has 0 amide bonds. The van der Waals surface area contributed by atoms with Gasteiger partial charge < -0.3 is 15.3 Å². The molecule has 4 nitrogen and oxygen atoms in total. The van der Waals surface area contributed by atoms with Crippen molar-refractivity contribution in [3.05, 3.63) is 12.2 Å². The van der Waals surface area contributed by atoms with Gasteiger partial charge in [-0.1, -0.05) is 70.4 Å². The van der Waals surface area contributed by atoms with Gasteiger partial charge in [-0.3, -0.25) is 4.79 Å². The fourth-order valence-electron chi connectivity index (χ4n) is 2.39. The third-order valence-corrected chi connectivity index (χ3v) is 3.80. The highest BCUT2D eigenvalue weighted by Gasteiger charge is 2.03. The number of carbonyl (C=O) groups is 1. The summed E-state index contributed by atoms with van der Waals surface area (Å²) in [5.41, 5.74) is 0. The first-order valence-electron chi connectivity index (χ1n) is 8.82. The minimum absolute atomic E-state index is 0.197. The molecule has 0 saturated carbocycles. The van der Waals surface area contributed by atoms with Crippen molar-refractivity contribution in [2.45, 2.75) is 96.2 Å². The maximum atomic E-state index is 10.3. The van der Waals surface area contributed by atoms with Crippen LogP contribution in [0, 0.1) is 0 Å². The Kier molecular flexibility index (Phi) is 14.4. The zero-order valence-corrected chi connectivity index (χ0v) is 14.0. The number of aliphatic hydroxyl groups excluding tert-OH is 2. The minimum atomic E-state index is -0.765. The van der Waals surface area contributed by atoms with E-state index >= 15 is 0 Å². The first-order valence-corrected chi connectivity index (χ1v) is 8.82. The Morgan fingerprint density at radius 3 is 1.77 bits per heavy atom. The molecule has 2 unspecified atom stereocenters. The lowest BCUT2D eigenvalue weighted by molar-refractivity contribution is -0.137. The van der Waals surface area contributed by atoms with E-state index in [9.17, 15) is 15.0 Å². The SMILES string of the molecule is CCCCCCCCC(O)/C=C\C(O)CCCCCC(=O)O. The molecule has 0 saturated heterocycles. The standard InChI is InChI=1S/C18H34O4/c1-2-3-4-5-6-8-11-16(19)14-15-17(20)12-9-7-10-13-18(21)22/h14-17,19-20H,2-13H2,1H3,(H,21,22)/b15-14-. The number of hydrogen-bond acceptors (Lipinski definition) is 3. The molecular formula is C18H34O4. The first kappa shape index (κ1) is 21.1. The first-order chi connectivity index (χ1) is 10.6. The molecule has 0 heterocycles. The molecule has 0 radical (unpaired) electrons. The Hall–Kier alpha value is -0.870. The highest BCUT2D eigenvalue weighted by Crippen LogP contribution is 2.11. The molecule has 0 bridgehead atoms. The summed E-state index contributed by atoms with van der Waals surface area (Å²) in [6.45, 7) is 2.20. The van der Waals surface area contributed by atoms with Crippen LogP contribution in [-0.2, 0) is 4.79 Å². The van der Waals surface area contributed by atoms with Gasteiger partial charge in [-0.2, -0.15) is 0 Å². The number of aliphatic hydroxyl groups is 2. The molecule has 0 aliphatic rings. The van der Waals surface area contributed by atoms with Crippen LogP contribution in [0.2, 0.25) is 0 Å². The molecule has 0 aromatic carbocycles. The van der Waals surface area contributed by atoms with Gasteiger partial charge in [0.25, 0.3) is 0 Å². The summed E-state index contributed by atoms with van der Waals surface area (Å²) in [7, 11) is 0. The van der Waals surface area contributed by atoms with E-state index in [-0.39, 0.29) is 6.42 Å². The van der Waals surface area contributed by atoms with Gasteiger partial charge in [-0.15, -0.1) is 0 Å². The predicted octanol–water partition coefficient (Wildman–Crippen LogP) is 4.05. The van der Waals surface area contributed by atoms with E-state index in [1.807, 2.05) is 0 Å². The molecule has 0 aromatic rings. The maximum Gasteiger partial charge on any atom is 0.303 e. The van der Waals surface area contributed by atoms with Gasteiger partial charge >= 0.3 is 5.97 Å². The monoisotopic (exact) mass is 314 g/mol. The van der Waals surface area contributed by atoms with E-state index in [0.29, 0.717) is 12.8 Å². The van der Waals surface area contributed by atoms with E-state index < -0.39 is 18.2 Å². The molecule has 0 fully saturated rings. The fraction of sp³-hybridized carbons (Fsp3) is 0.833. The summed E-state index contributed by atoms with van der Waals surface area (Å²) in [5, 5.41) is 28.1. The number of carboxylic acid groups (broad SMARTS) is 1. The second kappa shape index (κ2) is 15.0. The lowest BCUT2D eigenvalue weighted by atomic mass is 10.1. The minimum Gasteiger partial charge on any atom is -0.481 e. The van der Waals surface area contributed by atoms with E-state index in [2.05, 4.69) is 6.92 Å². The Morgan fingerprint density at radius 1 is 0.818 bits per heavy atom. The van der Waals surface area contributed by atoms with E-state index in [4.69, 9.17) is 5.11 Å². The Bertz CT molecular complexity index is 289. The summed E-state index contributed by atoms with van der Waals surface area (Å²) in [6, 6.07) is 0. The normalized spacial score (nSPS) is 14.3. The number of aliphatic carboxylic acids is 1. The number of unbranched alkanes of at least 4 members (excludes halogenated alkanes) is 7. The van der Waals surface area contributed by atoms with E-state index in [1.54, 1.807) is 12.2 Å². The second-order valence-corrected chi connectivity index (χ2v) is 6.07. The number of carboxylic acids is 1. The van der Waals surface area contributed by atoms with Crippen molar-refractivity contribution in [1.29, 1.82) is 0 Å². The van der Waals surface area contributed by atoms with Crippen LogP contribution in [0.15, 0.2) is 12.2 Å². The van der Waals surface area contributed by atoms with Crippen molar-refractivity contribution < 1.29 is 20.1 Å². The molecule has 0 spiro atoms. The maximum absolute atomic E-state index is 10.3. The summed E-state index contributed by atoms with van der Waals surface area (Å²) in [4.78, 5) is 10.3. The average molecular weight is 314 g/mol. The quantitative estimate of drug-likeness (QED) is 0.315. The van der Waals surface area contributed by atoms with Crippen molar-refractivity contribution in [3.8, 4) is 0 Å². The number of hydrogen-bond donors (Lipinski definition) is 3.